The average Bonchev–Trinajstić information content (AvgIpc) is 2.65. The van der Waals surface area contributed by atoms with Crippen molar-refractivity contribution in [2.45, 2.75) is 26.1 Å². The highest BCUT2D eigenvalue weighted by Crippen LogP contribution is 2.21. The molecule has 0 spiro atoms. The van der Waals surface area contributed by atoms with Gasteiger partial charge in [0.15, 0.2) is 0 Å². The molecular weight excluding hydrogens is 364 g/mol. The third-order valence-corrected chi connectivity index (χ3v) is 5.09. The molecule has 0 aliphatic carbocycles. The molecule has 27 heavy (non-hydrogen) atoms. The molecule has 2 saturated heterocycles. The SMILES string of the molecule is CC1CN(C(=O)/C(C#N)=C\N2CCN(c3cccc(Cl)c3)CC2)CC(C)O1. The molecule has 0 saturated carbocycles. The van der Waals surface area contributed by atoms with Crippen LogP contribution in [0.4, 0.5) is 5.69 Å². The number of piperazine rings is 1. The zero-order valence-corrected chi connectivity index (χ0v) is 16.5. The van der Waals surface area contributed by atoms with E-state index in [1.165, 1.54) is 0 Å². The molecule has 2 aliphatic heterocycles. The van der Waals surface area contributed by atoms with Crippen molar-refractivity contribution in [3.05, 3.63) is 41.1 Å². The van der Waals surface area contributed by atoms with E-state index in [4.69, 9.17) is 16.3 Å². The fourth-order valence-corrected chi connectivity index (χ4v) is 3.80. The van der Waals surface area contributed by atoms with Gasteiger partial charge in [0.25, 0.3) is 5.91 Å². The number of morpholine rings is 1. The summed E-state index contributed by atoms with van der Waals surface area (Å²) >= 11 is 6.08. The lowest BCUT2D eigenvalue weighted by molar-refractivity contribution is -0.138. The topological polar surface area (TPSA) is 59.8 Å². The maximum absolute atomic E-state index is 12.7. The molecule has 144 valence electrons. The molecule has 1 amide bonds. The molecule has 1 aromatic rings. The minimum Gasteiger partial charge on any atom is -0.373 e. The highest BCUT2D eigenvalue weighted by Gasteiger charge is 2.28. The lowest BCUT2D eigenvalue weighted by Crippen LogP contribution is -2.49. The van der Waals surface area contributed by atoms with Crippen LogP contribution in [0.25, 0.3) is 0 Å². The minimum absolute atomic E-state index is 0.0149. The van der Waals surface area contributed by atoms with E-state index in [1.54, 1.807) is 11.1 Å². The van der Waals surface area contributed by atoms with Crippen molar-refractivity contribution >= 4 is 23.2 Å². The van der Waals surface area contributed by atoms with E-state index in [9.17, 15) is 10.1 Å². The molecule has 6 nitrogen and oxygen atoms in total. The zero-order chi connectivity index (χ0) is 19.4. The summed E-state index contributed by atoms with van der Waals surface area (Å²) in [6.07, 6.45) is 1.68. The number of carbonyl (C=O) groups excluding carboxylic acids is 1. The Morgan fingerprint density at radius 2 is 1.89 bits per heavy atom. The number of rotatable bonds is 3. The van der Waals surface area contributed by atoms with Crippen LogP contribution < -0.4 is 4.90 Å². The van der Waals surface area contributed by atoms with Gasteiger partial charge in [-0.1, -0.05) is 17.7 Å². The number of ether oxygens (including phenoxy) is 1. The van der Waals surface area contributed by atoms with Gasteiger partial charge in [-0.2, -0.15) is 5.26 Å². The maximum Gasteiger partial charge on any atom is 0.266 e. The van der Waals surface area contributed by atoms with Crippen LogP contribution in [0, 0.1) is 11.3 Å². The normalized spacial score (nSPS) is 23.9. The van der Waals surface area contributed by atoms with Crippen molar-refractivity contribution in [3.8, 4) is 6.07 Å². The number of amides is 1. The summed E-state index contributed by atoms with van der Waals surface area (Å²) in [5.41, 5.74) is 1.28. The summed E-state index contributed by atoms with van der Waals surface area (Å²) < 4.78 is 5.67. The van der Waals surface area contributed by atoms with Gasteiger partial charge in [0, 0.05) is 56.2 Å². The molecule has 1 aromatic carbocycles. The zero-order valence-electron chi connectivity index (χ0n) is 15.8. The van der Waals surface area contributed by atoms with Crippen molar-refractivity contribution in [1.82, 2.24) is 9.80 Å². The van der Waals surface area contributed by atoms with E-state index in [2.05, 4.69) is 11.0 Å². The predicted octanol–water partition coefficient (Wildman–Crippen LogP) is 2.51. The molecule has 0 N–H and O–H groups in total. The van der Waals surface area contributed by atoms with Crippen molar-refractivity contribution < 1.29 is 9.53 Å². The van der Waals surface area contributed by atoms with Crippen LogP contribution in [0.2, 0.25) is 5.02 Å². The van der Waals surface area contributed by atoms with Crippen LogP contribution in [0.1, 0.15) is 13.8 Å². The summed E-state index contributed by atoms with van der Waals surface area (Å²) in [6, 6.07) is 9.89. The Bertz CT molecular complexity index is 743. The Morgan fingerprint density at radius 1 is 1.22 bits per heavy atom. The molecule has 2 fully saturated rings. The van der Waals surface area contributed by atoms with Gasteiger partial charge in [0.05, 0.1) is 12.2 Å². The van der Waals surface area contributed by atoms with Gasteiger partial charge in [-0.25, -0.2) is 0 Å². The first kappa shape index (κ1) is 19.5. The summed E-state index contributed by atoms with van der Waals surface area (Å²) in [4.78, 5) is 18.8. The molecule has 2 atom stereocenters. The smallest absolute Gasteiger partial charge is 0.266 e. The van der Waals surface area contributed by atoms with Gasteiger partial charge in [0.1, 0.15) is 11.6 Å². The van der Waals surface area contributed by atoms with Gasteiger partial charge < -0.3 is 19.4 Å². The lowest BCUT2D eigenvalue weighted by Gasteiger charge is -2.37. The van der Waals surface area contributed by atoms with Crippen molar-refractivity contribution in [3.63, 3.8) is 0 Å². The van der Waals surface area contributed by atoms with Crippen LogP contribution >= 0.6 is 11.6 Å². The average molecular weight is 389 g/mol. The van der Waals surface area contributed by atoms with E-state index < -0.39 is 0 Å². The molecule has 0 aromatic heterocycles. The van der Waals surface area contributed by atoms with Crippen molar-refractivity contribution in [2.24, 2.45) is 0 Å². The van der Waals surface area contributed by atoms with E-state index in [-0.39, 0.29) is 23.7 Å². The van der Waals surface area contributed by atoms with Crippen LogP contribution in [-0.4, -0.2) is 67.2 Å². The Balaban J connectivity index is 1.62. The second kappa shape index (κ2) is 8.64. The largest absolute Gasteiger partial charge is 0.373 e. The van der Waals surface area contributed by atoms with E-state index >= 15 is 0 Å². The number of carbonyl (C=O) groups is 1. The second-order valence-electron chi connectivity index (χ2n) is 7.12. The lowest BCUT2D eigenvalue weighted by atomic mass is 10.2. The number of benzene rings is 1. The van der Waals surface area contributed by atoms with Gasteiger partial charge >= 0.3 is 0 Å². The van der Waals surface area contributed by atoms with Crippen LogP contribution in [0.15, 0.2) is 36.0 Å². The number of hydrogen-bond acceptors (Lipinski definition) is 5. The molecule has 0 radical (unpaired) electrons. The molecule has 7 heteroatoms. The van der Waals surface area contributed by atoms with Gasteiger partial charge in [-0.05, 0) is 32.0 Å². The predicted molar refractivity (Wildman–Crippen MR) is 106 cm³/mol. The third-order valence-electron chi connectivity index (χ3n) is 4.86. The molecule has 3 rings (SSSR count). The highest BCUT2D eigenvalue weighted by molar-refractivity contribution is 6.30. The van der Waals surface area contributed by atoms with Crippen LogP contribution in [-0.2, 0) is 9.53 Å². The summed E-state index contributed by atoms with van der Waals surface area (Å²) in [5.74, 6) is -0.211. The first-order valence-corrected chi connectivity index (χ1v) is 9.65. The number of nitriles is 1. The third kappa shape index (κ3) is 4.94. The van der Waals surface area contributed by atoms with Crippen LogP contribution in [0.3, 0.4) is 0 Å². The van der Waals surface area contributed by atoms with Gasteiger partial charge in [-0.15, -0.1) is 0 Å². The monoisotopic (exact) mass is 388 g/mol. The Hall–Kier alpha value is -2.23. The summed E-state index contributed by atoms with van der Waals surface area (Å²) in [7, 11) is 0. The Morgan fingerprint density at radius 3 is 2.48 bits per heavy atom. The fourth-order valence-electron chi connectivity index (χ4n) is 3.61. The maximum atomic E-state index is 12.7. The first-order chi connectivity index (χ1) is 13.0. The number of anilines is 1. The molecule has 2 unspecified atom stereocenters. The summed E-state index contributed by atoms with van der Waals surface area (Å²) in [6.45, 7) is 8.06. The Kier molecular flexibility index (Phi) is 6.25. The second-order valence-corrected chi connectivity index (χ2v) is 7.56. The van der Waals surface area contributed by atoms with Crippen molar-refractivity contribution in [1.29, 1.82) is 5.26 Å². The molecule has 2 heterocycles. The molecule has 2 aliphatic rings. The molecule has 0 bridgehead atoms. The van der Waals surface area contributed by atoms with E-state index in [0.29, 0.717) is 13.1 Å². The first-order valence-electron chi connectivity index (χ1n) is 9.27. The Labute approximate surface area is 165 Å². The van der Waals surface area contributed by atoms with Crippen molar-refractivity contribution in [2.75, 3.05) is 44.2 Å². The van der Waals surface area contributed by atoms with Gasteiger partial charge in [0.2, 0.25) is 0 Å². The highest BCUT2D eigenvalue weighted by atomic mass is 35.5. The fraction of sp³-hybridized carbons (Fsp3) is 0.500. The standard InChI is InChI=1S/C20H25ClN4O2/c1-15-12-25(13-16(2)27-15)20(26)17(11-22)14-23-6-8-24(9-7-23)19-5-3-4-18(21)10-19/h3-5,10,14-16H,6-9,12-13H2,1-2H3/b17-14-. The minimum atomic E-state index is -0.211. The quantitative estimate of drug-likeness (QED) is 0.588. The van der Waals surface area contributed by atoms with Crippen LogP contribution in [0.5, 0.6) is 0 Å². The van der Waals surface area contributed by atoms with E-state index in [0.717, 1.165) is 36.9 Å². The summed E-state index contributed by atoms with van der Waals surface area (Å²) in [5, 5.41) is 10.2. The number of nitrogens with zero attached hydrogens (tertiary/aromatic N) is 4. The number of halogens is 1. The van der Waals surface area contributed by atoms with Gasteiger partial charge in [-0.3, -0.25) is 4.79 Å². The molecular formula is C20H25ClN4O2. The van der Waals surface area contributed by atoms with E-state index in [1.807, 2.05) is 43.0 Å². The number of hydrogen-bond donors (Lipinski definition) is 0.